The van der Waals surface area contributed by atoms with Crippen LogP contribution in [-0.2, 0) is 0 Å². The summed E-state index contributed by atoms with van der Waals surface area (Å²) in [4.78, 5) is 4.24. The molecular formula is C14H16ClNO. The van der Waals surface area contributed by atoms with Gasteiger partial charge in [-0.3, -0.25) is 0 Å². The number of aryl methyl sites for hydroxylation is 1. The number of halogens is 1. The zero-order valence-corrected chi connectivity index (χ0v) is 11.0. The third-order valence-corrected chi connectivity index (χ3v) is 2.15. The summed E-state index contributed by atoms with van der Waals surface area (Å²) < 4.78 is 5.54. The summed E-state index contributed by atoms with van der Waals surface area (Å²) in [6.07, 6.45) is 0. The van der Waals surface area contributed by atoms with Crippen molar-refractivity contribution >= 4 is 11.6 Å². The van der Waals surface area contributed by atoms with Crippen molar-refractivity contribution < 1.29 is 4.74 Å². The van der Waals surface area contributed by atoms with E-state index in [1.807, 2.05) is 51.1 Å². The fraction of sp³-hybridized carbons (Fsp3) is 0.214. The summed E-state index contributed by atoms with van der Waals surface area (Å²) in [7, 11) is 0. The zero-order chi connectivity index (χ0) is 12.7. The van der Waals surface area contributed by atoms with E-state index in [9.17, 15) is 0 Å². The van der Waals surface area contributed by atoms with Crippen LogP contribution in [0.25, 0.3) is 0 Å². The fourth-order valence-corrected chi connectivity index (χ4v) is 1.32. The Kier molecular flexibility index (Phi) is 5.50. The maximum Gasteiger partial charge on any atom is 0.219 e. The smallest absolute Gasteiger partial charge is 0.219 e. The van der Waals surface area contributed by atoms with Gasteiger partial charge in [0.25, 0.3) is 0 Å². The lowest BCUT2D eigenvalue weighted by Gasteiger charge is -2.04. The number of rotatable bonds is 2. The van der Waals surface area contributed by atoms with Crippen LogP contribution in [-0.4, -0.2) is 4.98 Å². The molecule has 0 aliphatic heterocycles. The second-order valence-corrected chi connectivity index (χ2v) is 3.61. The van der Waals surface area contributed by atoms with Gasteiger partial charge >= 0.3 is 0 Å². The van der Waals surface area contributed by atoms with Gasteiger partial charge in [-0.25, -0.2) is 4.98 Å². The number of ether oxygens (including phenoxy) is 1. The molecule has 0 bridgehead atoms. The maximum absolute atomic E-state index is 5.77. The normalized spacial score (nSPS) is 9.18. The Labute approximate surface area is 107 Å². The minimum atomic E-state index is 0.595. The molecule has 0 saturated heterocycles. The lowest BCUT2D eigenvalue weighted by molar-refractivity contribution is 0.461. The molecule has 1 heterocycles. The zero-order valence-electron chi connectivity index (χ0n) is 10.3. The number of pyridine rings is 1. The molecule has 1 aromatic heterocycles. The van der Waals surface area contributed by atoms with Crippen molar-refractivity contribution in [1.29, 1.82) is 0 Å². The van der Waals surface area contributed by atoms with Crippen molar-refractivity contribution in [2.24, 2.45) is 0 Å². The lowest BCUT2D eigenvalue weighted by atomic mass is 10.3. The van der Waals surface area contributed by atoms with Gasteiger partial charge in [0.15, 0.2) is 0 Å². The van der Waals surface area contributed by atoms with E-state index in [2.05, 4.69) is 4.98 Å². The molecule has 0 spiro atoms. The van der Waals surface area contributed by atoms with Crippen LogP contribution in [0.1, 0.15) is 19.5 Å². The van der Waals surface area contributed by atoms with Crippen LogP contribution < -0.4 is 4.74 Å². The van der Waals surface area contributed by atoms with E-state index < -0.39 is 0 Å². The second kappa shape index (κ2) is 6.92. The van der Waals surface area contributed by atoms with Crippen LogP contribution in [0.3, 0.4) is 0 Å². The van der Waals surface area contributed by atoms with Gasteiger partial charge in [-0.15, -0.1) is 0 Å². The standard InChI is InChI=1S/C12H10ClNO.C2H6/c1-9-3-2-4-12(14-9)15-11-7-5-10(13)6-8-11;1-2/h2-8H,1H3;1-2H3. The van der Waals surface area contributed by atoms with Gasteiger partial charge in [-0.2, -0.15) is 0 Å². The molecule has 90 valence electrons. The SMILES string of the molecule is CC.Cc1cccc(Oc2ccc(Cl)cc2)n1. The molecule has 0 fully saturated rings. The quantitative estimate of drug-likeness (QED) is 0.758. The first-order valence-corrected chi connectivity index (χ1v) is 5.99. The molecule has 2 rings (SSSR count). The highest BCUT2D eigenvalue weighted by molar-refractivity contribution is 6.30. The molecule has 0 unspecified atom stereocenters. The van der Waals surface area contributed by atoms with Crippen LogP contribution in [0.15, 0.2) is 42.5 Å². The van der Waals surface area contributed by atoms with Crippen LogP contribution in [0, 0.1) is 6.92 Å². The number of hydrogen-bond donors (Lipinski definition) is 0. The highest BCUT2D eigenvalue weighted by Crippen LogP contribution is 2.21. The minimum absolute atomic E-state index is 0.595. The maximum atomic E-state index is 5.77. The first kappa shape index (κ1) is 13.5. The third-order valence-electron chi connectivity index (χ3n) is 1.90. The van der Waals surface area contributed by atoms with Crippen LogP contribution >= 0.6 is 11.6 Å². The average Bonchev–Trinajstić information content (AvgIpc) is 2.35. The number of aromatic nitrogens is 1. The van der Waals surface area contributed by atoms with Crippen molar-refractivity contribution in [3.8, 4) is 11.6 Å². The molecule has 0 radical (unpaired) electrons. The summed E-state index contributed by atoms with van der Waals surface area (Å²) in [5.41, 5.74) is 0.932. The Hall–Kier alpha value is -1.54. The van der Waals surface area contributed by atoms with E-state index in [1.165, 1.54) is 0 Å². The lowest BCUT2D eigenvalue weighted by Crippen LogP contribution is -1.88. The highest BCUT2D eigenvalue weighted by atomic mass is 35.5. The predicted octanol–water partition coefficient (Wildman–Crippen LogP) is 4.86. The molecule has 0 aliphatic rings. The first-order chi connectivity index (χ1) is 8.24. The van der Waals surface area contributed by atoms with E-state index in [0.717, 1.165) is 11.4 Å². The second-order valence-electron chi connectivity index (χ2n) is 3.17. The van der Waals surface area contributed by atoms with E-state index in [-0.39, 0.29) is 0 Å². The van der Waals surface area contributed by atoms with E-state index in [4.69, 9.17) is 16.3 Å². The van der Waals surface area contributed by atoms with Crippen LogP contribution in [0.5, 0.6) is 11.6 Å². The topological polar surface area (TPSA) is 22.1 Å². The Morgan fingerprint density at radius 3 is 2.24 bits per heavy atom. The van der Waals surface area contributed by atoms with Gasteiger partial charge in [-0.1, -0.05) is 31.5 Å². The Balaban J connectivity index is 0.000000686. The molecule has 2 aromatic rings. The molecule has 17 heavy (non-hydrogen) atoms. The van der Waals surface area contributed by atoms with Gasteiger partial charge in [0, 0.05) is 16.8 Å². The van der Waals surface area contributed by atoms with Crippen molar-refractivity contribution in [3.05, 3.63) is 53.2 Å². The largest absolute Gasteiger partial charge is 0.439 e. The summed E-state index contributed by atoms with van der Waals surface area (Å²) >= 11 is 5.77. The predicted molar refractivity (Wildman–Crippen MR) is 71.8 cm³/mol. The summed E-state index contributed by atoms with van der Waals surface area (Å²) in [6, 6.07) is 12.8. The van der Waals surface area contributed by atoms with E-state index in [1.54, 1.807) is 12.1 Å². The summed E-state index contributed by atoms with van der Waals surface area (Å²) in [6.45, 7) is 5.93. The van der Waals surface area contributed by atoms with E-state index in [0.29, 0.717) is 10.9 Å². The molecule has 1 aromatic carbocycles. The van der Waals surface area contributed by atoms with Crippen LogP contribution in [0.2, 0.25) is 5.02 Å². The van der Waals surface area contributed by atoms with Gasteiger partial charge in [0.2, 0.25) is 5.88 Å². The third kappa shape index (κ3) is 4.45. The molecular weight excluding hydrogens is 234 g/mol. The monoisotopic (exact) mass is 249 g/mol. The highest BCUT2D eigenvalue weighted by Gasteiger charge is 1.98. The van der Waals surface area contributed by atoms with Crippen molar-refractivity contribution in [2.75, 3.05) is 0 Å². The minimum Gasteiger partial charge on any atom is -0.439 e. The Morgan fingerprint density at radius 2 is 1.65 bits per heavy atom. The number of hydrogen-bond acceptors (Lipinski definition) is 2. The summed E-state index contributed by atoms with van der Waals surface area (Å²) in [5.74, 6) is 1.33. The van der Waals surface area contributed by atoms with Crippen molar-refractivity contribution in [1.82, 2.24) is 4.98 Å². The Bertz CT molecular complexity index is 454. The molecule has 0 saturated carbocycles. The number of nitrogens with zero attached hydrogens (tertiary/aromatic N) is 1. The van der Waals surface area contributed by atoms with Crippen LogP contribution in [0.4, 0.5) is 0 Å². The summed E-state index contributed by atoms with van der Waals surface area (Å²) in [5, 5.41) is 0.694. The average molecular weight is 250 g/mol. The molecule has 3 heteroatoms. The van der Waals surface area contributed by atoms with Crippen molar-refractivity contribution in [3.63, 3.8) is 0 Å². The van der Waals surface area contributed by atoms with Gasteiger partial charge < -0.3 is 4.74 Å². The molecule has 0 atom stereocenters. The van der Waals surface area contributed by atoms with Gasteiger partial charge in [-0.05, 0) is 37.3 Å². The van der Waals surface area contributed by atoms with Gasteiger partial charge in [0.1, 0.15) is 5.75 Å². The molecule has 2 nitrogen and oxygen atoms in total. The first-order valence-electron chi connectivity index (χ1n) is 5.61. The van der Waals surface area contributed by atoms with Gasteiger partial charge in [0.05, 0.1) is 0 Å². The fourth-order valence-electron chi connectivity index (χ4n) is 1.20. The Morgan fingerprint density at radius 1 is 1.00 bits per heavy atom. The van der Waals surface area contributed by atoms with E-state index >= 15 is 0 Å². The molecule has 0 amide bonds. The van der Waals surface area contributed by atoms with Crippen molar-refractivity contribution in [2.45, 2.75) is 20.8 Å². The number of benzene rings is 1. The molecule has 0 N–H and O–H groups in total. The molecule has 0 aliphatic carbocycles.